The highest BCUT2D eigenvalue weighted by Gasteiger charge is 2.17. The van der Waals surface area contributed by atoms with Gasteiger partial charge in [0, 0.05) is 12.7 Å². The number of sulfonamides is 1. The van der Waals surface area contributed by atoms with Crippen LogP contribution in [0.4, 0.5) is 0 Å². The third kappa shape index (κ3) is 3.93. The van der Waals surface area contributed by atoms with Gasteiger partial charge in [-0.2, -0.15) is 5.10 Å². The van der Waals surface area contributed by atoms with E-state index in [0.717, 1.165) is 0 Å². The molecule has 0 bridgehead atoms. The Bertz CT molecular complexity index is 814. The third-order valence-electron chi connectivity index (χ3n) is 3.28. The molecule has 0 amide bonds. The predicted octanol–water partition coefficient (Wildman–Crippen LogP) is 1.04. The first-order chi connectivity index (χ1) is 10.9. The third-order valence-corrected chi connectivity index (χ3v) is 4.64. The van der Waals surface area contributed by atoms with Gasteiger partial charge in [0.15, 0.2) is 0 Å². The maximum atomic E-state index is 12.2. The van der Waals surface area contributed by atoms with Crippen LogP contribution in [-0.4, -0.2) is 34.3 Å². The van der Waals surface area contributed by atoms with Crippen LogP contribution >= 0.6 is 0 Å². The molecule has 0 saturated carbocycles. The molecule has 2 heterocycles. The smallest absolute Gasteiger partial charge is 0.337 e. The number of aryl methyl sites for hydroxylation is 2. The fraction of sp³-hybridized carbons (Fsp3) is 0.357. The minimum Gasteiger partial charge on any atom is -0.478 e. The van der Waals surface area contributed by atoms with Gasteiger partial charge in [-0.15, -0.1) is 0 Å². The molecular weight excluding hydrogens is 320 g/mol. The van der Waals surface area contributed by atoms with Crippen molar-refractivity contribution in [3.8, 4) is 0 Å². The maximum absolute atomic E-state index is 12.2. The van der Waals surface area contributed by atoms with Crippen LogP contribution in [0.1, 0.15) is 35.6 Å². The van der Waals surface area contributed by atoms with E-state index in [2.05, 4.69) is 14.8 Å². The number of carboxylic acids is 1. The van der Waals surface area contributed by atoms with E-state index >= 15 is 0 Å². The molecule has 0 saturated heterocycles. The minimum absolute atomic E-state index is 0.0213. The Morgan fingerprint density at radius 2 is 2.09 bits per heavy atom. The normalized spacial score (nSPS) is 11.6. The van der Waals surface area contributed by atoms with Gasteiger partial charge in [-0.1, -0.05) is 6.92 Å². The van der Waals surface area contributed by atoms with Crippen LogP contribution in [0.3, 0.4) is 0 Å². The molecule has 0 aliphatic heterocycles. The summed E-state index contributed by atoms with van der Waals surface area (Å²) in [7, 11) is -3.68. The van der Waals surface area contributed by atoms with Gasteiger partial charge in [-0.25, -0.2) is 17.9 Å². The fourth-order valence-corrected chi connectivity index (χ4v) is 2.97. The summed E-state index contributed by atoms with van der Waals surface area (Å²) in [5.74, 6) is -1.05. The molecule has 9 heteroatoms. The number of carboxylic acid groups (broad SMARTS) is 1. The summed E-state index contributed by atoms with van der Waals surface area (Å²) in [6.07, 6.45) is 3.18. The second-order valence-electron chi connectivity index (χ2n) is 4.81. The quantitative estimate of drug-likeness (QED) is 0.779. The number of rotatable bonds is 7. The van der Waals surface area contributed by atoms with Gasteiger partial charge < -0.3 is 5.11 Å². The summed E-state index contributed by atoms with van der Waals surface area (Å²) in [6, 6.07) is 2.94. The zero-order chi connectivity index (χ0) is 17.0. The van der Waals surface area contributed by atoms with E-state index in [-0.39, 0.29) is 17.0 Å². The SMILES string of the molecule is CCc1nc(CNS(=O)(=O)c2cnn(CC)c2)ccc1C(=O)O. The van der Waals surface area contributed by atoms with E-state index in [1.54, 1.807) is 6.92 Å². The molecule has 0 unspecified atom stereocenters. The van der Waals surface area contributed by atoms with Crippen molar-refractivity contribution in [2.45, 2.75) is 38.3 Å². The Balaban J connectivity index is 2.15. The summed E-state index contributed by atoms with van der Waals surface area (Å²) in [6.45, 7) is 4.21. The van der Waals surface area contributed by atoms with Crippen molar-refractivity contribution in [3.63, 3.8) is 0 Å². The molecular formula is C14H18N4O4S. The van der Waals surface area contributed by atoms with Crippen molar-refractivity contribution in [2.24, 2.45) is 0 Å². The Kier molecular flexibility index (Phi) is 5.12. The lowest BCUT2D eigenvalue weighted by Crippen LogP contribution is -2.24. The van der Waals surface area contributed by atoms with Crippen molar-refractivity contribution in [3.05, 3.63) is 41.5 Å². The summed E-state index contributed by atoms with van der Waals surface area (Å²) < 4.78 is 28.3. The molecule has 2 N–H and O–H groups in total. The highest BCUT2D eigenvalue weighted by molar-refractivity contribution is 7.89. The molecule has 2 rings (SSSR count). The van der Waals surface area contributed by atoms with Crippen LogP contribution in [0.25, 0.3) is 0 Å². The molecule has 2 aromatic heterocycles. The fourth-order valence-electron chi connectivity index (χ4n) is 2.02. The first-order valence-electron chi connectivity index (χ1n) is 7.11. The second kappa shape index (κ2) is 6.88. The number of aromatic carboxylic acids is 1. The number of hydrogen-bond acceptors (Lipinski definition) is 5. The number of hydrogen-bond donors (Lipinski definition) is 2. The first kappa shape index (κ1) is 17.1. The van der Waals surface area contributed by atoms with Gasteiger partial charge >= 0.3 is 5.97 Å². The van der Waals surface area contributed by atoms with Crippen molar-refractivity contribution in [2.75, 3.05) is 0 Å². The highest BCUT2D eigenvalue weighted by Crippen LogP contribution is 2.11. The van der Waals surface area contributed by atoms with Gasteiger partial charge in [0.05, 0.1) is 29.7 Å². The summed E-state index contributed by atoms with van der Waals surface area (Å²) in [5.41, 5.74) is 1.01. The van der Waals surface area contributed by atoms with E-state index in [9.17, 15) is 13.2 Å². The molecule has 2 aromatic rings. The first-order valence-corrected chi connectivity index (χ1v) is 8.60. The molecule has 23 heavy (non-hydrogen) atoms. The number of carbonyl (C=O) groups is 1. The van der Waals surface area contributed by atoms with Crippen molar-refractivity contribution in [1.82, 2.24) is 19.5 Å². The Morgan fingerprint density at radius 1 is 1.35 bits per heavy atom. The van der Waals surface area contributed by atoms with Crippen LogP contribution in [0, 0.1) is 0 Å². The number of nitrogens with zero attached hydrogens (tertiary/aromatic N) is 3. The van der Waals surface area contributed by atoms with Crippen LogP contribution in [0.15, 0.2) is 29.4 Å². The highest BCUT2D eigenvalue weighted by atomic mass is 32.2. The van der Waals surface area contributed by atoms with E-state index in [4.69, 9.17) is 5.11 Å². The Labute approximate surface area is 134 Å². The maximum Gasteiger partial charge on any atom is 0.337 e. The number of nitrogens with one attached hydrogen (secondary N) is 1. The zero-order valence-corrected chi connectivity index (χ0v) is 13.7. The van der Waals surface area contributed by atoms with Crippen molar-refractivity contribution < 1.29 is 18.3 Å². The molecule has 0 aliphatic carbocycles. The second-order valence-corrected chi connectivity index (χ2v) is 6.58. The van der Waals surface area contributed by atoms with Gasteiger partial charge in [0.2, 0.25) is 10.0 Å². The summed E-state index contributed by atoms with van der Waals surface area (Å²) in [5, 5.41) is 13.0. The molecule has 0 radical (unpaired) electrons. The van der Waals surface area contributed by atoms with Crippen molar-refractivity contribution in [1.29, 1.82) is 0 Å². The molecule has 0 aliphatic rings. The van der Waals surface area contributed by atoms with Gasteiger partial charge in [-0.3, -0.25) is 9.67 Å². The molecule has 8 nitrogen and oxygen atoms in total. The monoisotopic (exact) mass is 338 g/mol. The average Bonchev–Trinajstić information content (AvgIpc) is 3.02. The van der Waals surface area contributed by atoms with Crippen LogP contribution in [0.5, 0.6) is 0 Å². The standard InChI is InChI=1S/C14H18N4O4S/c1-3-13-12(14(19)20)6-5-10(17-13)7-16-23(21,22)11-8-15-18(4-2)9-11/h5-6,8-9,16H,3-4,7H2,1-2H3,(H,19,20). The lowest BCUT2D eigenvalue weighted by Gasteiger charge is -2.08. The van der Waals surface area contributed by atoms with E-state index < -0.39 is 16.0 Å². The molecule has 0 spiro atoms. The topological polar surface area (TPSA) is 114 Å². The molecule has 124 valence electrons. The number of pyridine rings is 1. The molecule has 0 atom stereocenters. The Morgan fingerprint density at radius 3 is 2.65 bits per heavy atom. The van der Waals surface area contributed by atoms with E-state index in [1.165, 1.54) is 29.2 Å². The van der Waals surface area contributed by atoms with E-state index in [0.29, 0.717) is 24.4 Å². The largest absolute Gasteiger partial charge is 0.478 e. The van der Waals surface area contributed by atoms with Crippen LogP contribution in [0.2, 0.25) is 0 Å². The molecule has 0 aromatic carbocycles. The Hall–Kier alpha value is -2.26. The van der Waals surface area contributed by atoms with E-state index in [1.807, 2.05) is 6.92 Å². The zero-order valence-electron chi connectivity index (χ0n) is 12.9. The summed E-state index contributed by atoms with van der Waals surface area (Å²) in [4.78, 5) is 15.3. The van der Waals surface area contributed by atoms with Gasteiger partial charge in [-0.05, 0) is 25.5 Å². The van der Waals surface area contributed by atoms with Crippen LogP contribution in [-0.2, 0) is 29.5 Å². The van der Waals surface area contributed by atoms with Crippen molar-refractivity contribution >= 4 is 16.0 Å². The molecule has 0 fully saturated rings. The lowest BCUT2D eigenvalue weighted by molar-refractivity contribution is 0.0695. The average molecular weight is 338 g/mol. The van der Waals surface area contributed by atoms with Crippen LogP contribution < -0.4 is 4.72 Å². The van der Waals surface area contributed by atoms with Gasteiger partial charge in [0.25, 0.3) is 0 Å². The minimum atomic E-state index is -3.68. The van der Waals surface area contributed by atoms with Gasteiger partial charge in [0.1, 0.15) is 4.90 Å². The lowest BCUT2D eigenvalue weighted by atomic mass is 10.1. The number of aromatic nitrogens is 3. The summed E-state index contributed by atoms with van der Waals surface area (Å²) >= 11 is 0. The predicted molar refractivity (Wildman–Crippen MR) is 82.5 cm³/mol.